The summed E-state index contributed by atoms with van der Waals surface area (Å²) in [6, 6.07) is 0. The Morgan fingerprint density at radius 3 is 2.00 bits per heavy atom. The van der Waals surface area contributed by atoms with Gasteiger partial charge in [0.25, 0.3) is 0 Å². The summed E-state index contributed by atoms with van der Waals surface area (Å²) in [5.41, 5.74) is 0. The normalized spacial score (nSPS) is 10.1. The first-order valence-corrected chi connectivity index (χ1v) is 1.67. The third kappa shape index (κ3) is 2.61. The molecule has 0 aromatic carbocycles. The minimum absolute atomic E-state index is 0.479. The SMILES string of the molecule is O=C=NC(=O)C(F)(F)F. The van der Waals surface area contributed by atoms with Gasteiger partial charge in [-0.05, 0) is 0 Å². The van der Waals surface area contributed by atoms with Gasteiger partial charge in [-0.2, -0.15) is 13.2 Å². The Bertz CT molecular complexity index is 166. The van der Waals surface area contributed by atoms with Crippen LogP contribution in [0.1, 0.15) is 0 Å². The van der Waals surface area contributed by atoms with Crippen molar-refractivity contribution in [1.82, 2.24) is 0 Å². The minimum atomic E-state index is -5.06. The van der Waals surface area contributed by atoms with Crippen LogP contribution in [0.4, 0.5) is 13.2 Å². The van der Waals surface area contributed by atoms with Crippen molar-refractivity contribution >= 4 is 12.0 Å². The third-order valence-electron chi connectivity index (χ3n) is 0.390. The van der Waals surface area contributed by atoms with Crippen molar-refractivity contribution in [3.8, 4) is 0 Å². The molecule has 9 heavy (non-hydrogen) atoms. The molecule has 0 spiro atoms. The van der Waals surface area contributed by atoms with Crippen LogP contribution in [0, 0.1) is 0 Å². The molecule has 0 aromatic rings. The number of aliphatic imine (C=N–C) groups is 1. The lowest BCUT2D eigenvalue weighted by atomic mass is 10.6. The summed E-state index contributed by atoms with van der Waals surface area (Å²) in [6.45, 7) is 0. The topological polar surface area (TPSA) is 46.5 Å². The quantitative estimate of drug-likeness (QED) is 0.360. The van der Waals surface area contributed by atoms with E-state index < -0.39 is 12.1 Å². The van der Waals surface area contributed by atoms with Crippen LogP contribution in [0.3, 0.4) is 0 Å². The largest absolute Gasteiger partial charge is 0.474 e. The Hall–Kier alpha value is -1.16. The number of carbonyl (C=O) groups is 1. The number of amides is 1. The van der Waals surface area contributed by atoms with Gasteiger partial charge in [0.1, 0.15) is 0 Å². The number of hydrogen-bond acceptors (Lipinski definition) is 2. The van der Waals surface area contributed by atoms with Gasteiger partial charge in [0.2, 0.25) is 6.08 Å². The van der Waals surface area contributed by atoms with Gasteiger partial charge in [0, 0.05) is 0 Å². The lowest BCUT2D eigenvalue weighted by Crippen LogP contribution is -2.19. The predicted molar refractivity (Wildman–Crippen MR) is 19.2 cm³/mol. The fourth-order valence-corrected chi connectivity index (χ4v) is 0.105. The van der Waals surface area contributed by atoms with E-state index in [-0.39, 0.29) is 0 Å². The molecule has 0 aliphatic rings. The average Bonchev–Trinajstić information content (AvgIpc) is 1.64. The summed E-state index contributed by atoms with van der Waals surface area (Å²) in [7, 11) is 0. The summed E-state index contributed by atoms with van der Waals surface area (Å²) >= 11 is 0. The molecule has 0 atom stereocenters. The molecule has 0 fully saturated rings. The fraction of sp³-hybridized carbons (Fsp3) is 0.333. The van der Waals surface area contributed by atoms with Gasteiger partial charge in [-0.15, -0.1) is 4.99 Å². The molecule has 0 saturated heterocycles. The molecular weight excluding hydrogens is 139 g/mol. The average molecular weight is 139 g/mol. The standard InChI is InChI=1S/C3F3NO2/c4-3(5,6)2(9)7-1-8. The first kappa shape index (κ1) is 7.84. The molecule has 0 aliphatic heterocycles. The van der Waals surface area contributed by atoms with Crippen LogP contribution in [0.25, 0.3) is 0 Å². The zero-order valence-corrected chi connectivity index (χ0v) is 3.90. The van der Waals surface area contributed by atoms with E-state index >= 15 is 0 Å². The van der Waals surface area contributed by atoms with Gasteiger partial charge in [-0.1, -0.05) is 0 Å². The molecule has 0 heterocycles. The van der Waals surface area contributed by atoms with Gasteiger partial charge in [-0.25, -0.2) is 4.79 Å². The van der Waals surface area contributed by atoms with E-state index in [0.717, 1.165) is 0 Å². The second-order valence-corrected chi connectivity index (χ2v) is 1.01. The first-order valence-electron chi connectivity index (χ1n) is 1.67. The lowest BCUT2D eigenvalue weighted by molar-refractivity contribution is -0.169. The van der Waals surface area contributed by atoms with E-state index in [4.69, 9.17) is 4.79 Å². The highest BCUT2D eigenvalue weighted by molar-refractivity contribution is 5.86. The fourth-order valence-electron chi connectivity index (χ4n) is 0.105. The summed E-state index contributed by atoms with van der Waals surface area (Å²) < 4.78 is 33.0. The number of hydrogen-bond donors (Lipinski definition) is 0. The second kappa shape index (κ2) is 2.41. The Morgan fingerprint density at radius 2 is 1.89 bits per heavy atom. The molecule has 0 saturated carbocycles. The maximum Gasteiger partial charge on any atom is 0.474 e. The number of isocyanates is 1. The monoisotopic (exact) mass is 139 g/mol. The van der Waals surface area contributed by atoms with E-state index in [1.54, 1.807) is 0 Å². The second-order valence-electron chi connectivity index (χ2n) is 1.01. The van der Waals surface area contributed by atoms with Crippen molar-refractivity contribution in [1.29, 1.82) is 0 Å². The van der Waals surface area contributed by atoms with Crippen LogP contribution in [0.15, 0.2) is 4.99 Å². The molecule has 0 rings (SSSR count). The van der Waals surface area contributed by atoms with Gasteiger partial charge in [0.15, 0.2) is 0 Å². The lowest BCUT2D eigenvalue weighted by Gasteiger charge is -1.94. The van der Waals surface area contributed by atoms with Crippen LogP contribution in [0.2, 0.25) is 0 Å². The highest BCUT2D eigenvalue weighted by Gasteiger charge is 2.38. The predicted octanol–water partition coefficient (Wildman–Crippen LogP) is 0.411. The number of rotatable bonds is 0. The van der Waals surface area contributed by atoms with Crippen molar-refractivity contribution in [2.75, 3.05) is 0 Å². The highest BCUT2D eigenvalue weighted by Crippen LogP contribution is 2.15. The smallest absolute Gasteiger partial charge is 0.261 e. The van der Waals surface area contributed by atoms with Crippen molar-refractivity contribution in [2.24, 2.45) is 4.99 Å². The van der Waals surface area contributed by atoms with Crippen molar-refractivity contribution < 1.29 is 22.8 Å². The van der Waals surface area contributed by atoms with Gasteiger partial charge < -0.3 is 0 Å². The zero-order chi connectivity index (χ0) is 7.49. The molecule has 0 radical (unpaired) electrons. The summed E-state index contributed by atoms with van der Waals surface area (Å²) in [4.78, 5) is 20.4. The van der Waals surface area contributed by atoms with E-state index in [1.165, 1.54) is 0 Å². The molecule has 50 valence electrons. The van der Waals surface area contributed by atoms with E-state index in [9.17, 15) is 18.0 Å². The molecule has 0 bridgehead atoms. The Kier molecular flexibility index (Phi) is 2.10. The molecule has 0 unspecified atom stereocenters. The molecule has 6 heteroatoms. The Balaban J connectivity index is 4.22. The molecule has 0 N–H and O–H groups in total. The molecule has 3 nitrogen and oxygen atoms in total. The van der Waals surface area contributed by atoms with Gasteiger partial charge >= 0.3 is 12.1 Å². The van der Waals surface area contributed by atoms with Gasteiger partial charge in [-0.3, -0.25) is 4.79 Å². The molecule has 0 aromatic heterocycles. The van der Waals surface area contributed by atoms with Gasteiger partial charge in [0.05, 0.1) is 0 Å². The van der Waals surface area contributed by atoms with Crippen LogP contribution in [0.5, 0.6) is 0 Å². The van der Waals surface area contributed by atoms with E-state index in [1.807, 2.05) is 4.99 Å². The molecule has 1 amide bonds. The number of halogens is 3. The first-order chi connectivity index (χ1) is 3.98. The van der Waals surface area contributed by atoms with Crippen molar-refractivity contribution in [3.63, 3.8) is 0 Å². The number of alkyl halides is 3. The minimum Gasteiger partial charge on any atom is -0.261 e. The Morgan fingerprint density at radius 1 is 1.44 bits per heavy atom. The summed E-state index contributed by atoms with van der Waals surface area (Å²) in [5.74, 6) is -2.43. The van der Waals surface area contributed by atoms with E-state index in [2.05, 4.69) is 0 Å². The van der Waals surface area contributed by atoms with Crippen LogP contribution in [-0.4, -0.2) is 18.2 Å². The summed E-state index contributed by atoms with van der Waals surface area (Å²) in [5, 5.41) is 0. The van der Waals surface area contributed by atoms with Crippen LogP contribution in [-0.2, 0) is 9.59 Å². The van der Waals surface area contributed by atoms with Crippen molar-refractivity contribution in [2.45, 2.75) is 6.18 Å². The Labute approximate surface area is 47.2 Å². The molecule has 0 aliphatic carbocycles. The highest BCUT2D eigenvalue weighted by atomic mass is 19.4. The number of carbonyl (C=O) groups excluding carboxylic acids is 2. The maximum absolute atomic E-state index is 11.0. The molecular formula is C3F3NO2. The maximum atomic E-state index is 11.0. The van der Waals surface area contributed by atoms with Crippen molar-refractivity contribution in [3.05, 3.63) is 0 Å². The number of nitrogens with zero attached hydrogens (tertiary/aromatic N) is 1. The zero-order valence-electron chi connectivity index (χ0n) is 3.90. The van der Waals surface area contributed by atoms with Crippen LogP contribution >= 0.6 is 0 Å². The van der Waals surface area contributed by atoms with Crippen LogP contribution < -0.4 is 0 Å². The summed E-state index contributed by atoms with van der Waals surface area (Å²) in [6.07, 6.45) is -4.58. The van der Waals surface area contributed by atoms with E-state index in [0.29, 0.717) is 6.08 Å². The third-order valence-corrected chi connectivity index (χ3v) is 0.390.